The number of hydrogen-bond donors (Lipinski definition) is 0. The first-order chi connectivity index (χ1) is 15.9. The molecule has 0 saturated carbocycles. The molecule has 0 spiro atoms. The first-order valence-corrected chi connectivity index (χ1v) is 11.6. The highest BCUT2D eigenvalue weighted by Gasteiger charge is 2.25. The van der Waals surface area contributed by atoms with Gasteiger partial charge >= 0.3 is 5.97 Å². The minimum absolute atomic E-state index is 0.145. The number of nitrogens with zero attached hydrogens (tertiary/aromatic N) is 3. The molecule has 0 fully saturated rings. The lowest BCUT2D eigenvalue weighted by molar-refractivity contribution is 0.0427. The van der Waals surface area contributed by atoms with Crippen LogP contribution in [0.5, 0.6) is 0 Å². The number of furan rings is 1. The number of benzene rings is 2. The second-order valence-electron chi connectivity index (χ2n) is 7.19. The van der Waals surface area contributed by atoms with E-state index in [0.717, 1.165) is 0 Å². The van der Waals surface area contributed by atoms with Crippen LogP contribution in [-0.4, -0.2) is 24.2 Å². The van der Waals surface area contributed by atoms with Crippen molar-refractivity contribution in [1.82, 2.24) is 9.78 Å². The van der Waals surface area contributed by atoms with Crippen molar-refractivity contribution < 1.29 is 22.4 Å². The highest BCUT2D eigenvalue weighted by molar-refractivity contribution is 7.90. The van der Waals surface area contributed by atoms with Gasteiger partial charge in [0, 0.05) is 5.56 Å². The molecule has 0 aliphatic carbocycles. The van der Waals surface area contributed by atoms with E-state index in [9.17, 15) is 18.5 Å². The zero-order valence-electron chi connectivity index (χ0n) is 17.6. The molecule has 166 valence electrons. The van der Waals surface area contributed by atoms with Gasteiger partial charge in [0.25, 0.3) is 0 Å². The Morgan fingerprint density at radius 2 is 1.76 bits per heavy atom. The Balaban J connectivity index is 1.56. The van der Waals surface area contributed by atoms with Crippen molar-refractivity contribution in [2.75, 3.05) is 0 Å². The first-order valence-electron chi connectivity index (χ1n) is 9.96. The molecule has 0 saturated heterocycles. The van der Waals surface area contributed by atoms with Gasteiger partial charge in [0.1, 0.15) is 18.2 Å². The molecule has 4 aromatic rings. The Bertz CT molecular complexity index is 1430. The SMILES string of the molecule is Cc1nn(-c2ccccc2)c(COC(=O)c2occc2CS(=O)(=O)c2ccccc2)c1C#N. The van der Waals surface area contributed by atoms with Crippen molar-refractivity contribution in [3.63, 3.8) is 0 Å². The molecule has 0 N–H and O–H groups in total. The molecule has 0 amide bonds. The van der Waals surface area contributed by atoms with Gasteiger partial charge in [-0.15, -0.1) is 0 Å². The minimum atomic E-state index is -3.68. The molecule has 0 radical (unpaired) electrons. The highest BCUT2D eigenvalue weighted by Crippen LogP contribution is 2.23. The van der Waals surface area contributed by atoms with Gasteiger partial charge in [-0.05, 0) is 37.3 Å². The molecule has 2 aromatic heterocycles. The highest BCUT2D eigenvalue weighted by atomic mass is 32.2. The quantitative estimate of drug-likeness (QED) is 0.382. The number of para-hydroxylation sites is 1. The number of rotatable bonds is 7. The molecule has 9 heteroatoms. The average molecular weight is 461 g/mol. The van der Waals surface area contributed by atoms with Crippen LogP contribution in [0, 0.1) is 18.3 Å². The van der Waals surface area contributed by atoms with E-state index in [2.05, 4.69) is 11.2 Å². The molecule has 0 unspecified atom stereocenters. The summed E-state index contributed by atoms with van der Waals surface area (Å²) in [4.78, 5) is 12.9. The second kappa shape index (κ2) is 9.14. The summed E-state index contributed by atoms with van der Waals surface area (Å²) in [5.41, 5.74) is 2.11. The van der Waals surface area contributed by atoms with Crippen LogP contribution < -0.4 is 0 Å². The molecule has 33 heavy (non-hydrogen) atoms. The molecule has 0 atom stereocenters. The minimum Gasteiger partial charge on any atom is -0.457 e. The predicted molar refractivity (Wildman–Crippen MR) is 118 cm³/mol. The molecule has 0 aliphatic heterocycles. The van der Waals surface area contributed by atoms with Gasteiger partial charge in [-0.1, -0.05) is 36.4 Å². The summed E-state index contributed by atoms with van der Waals surface area (Å²) in [6.07, 6.45) is 1.24. The van der Waals surface area contributed by atoms with Crippen LogP contribution in [0.25, 0.3) is 5.69 Å². The van der Waals surface area contributed by atoms with Crippen molar-refractivity contribution in [1.29, 1.82) is 5.26 Å². The van der Waals surface area contributed by atoms with Gasteiger partial charge in [0.05, 0.1) is 34.0 Å². The Hall–Kier alpha value is -4.16. The van der Waals surface area contributed by atoms with Crippen molar-refractivity contribution in [3.8, 4) is 11.8 Å². The van der Waals surface area contributed by atoms with Crippen molar-refractivity contribution in [2.45, 2.75) is 24.2 Å². The first kappa shape index (κ1) is 22.0. The molecule has 8 nitrogen and oxygen atoms in total. The van der Waals surface area contributed by atoms with Crippen LogP contribution in [0.4, 0.5) is 0 Å². The summed E-state index contributed by atoms with van der Waals surface area (Å²) >= 11 is 0. The van der Waals surface area contributed by atoms with Gasteiger partial charge in [-0.2, -0.15) is 10.4 Å². The van der Waals surface area contributed by atoms with Crippen molar-refractivity contribution in [3.05, 3.63) is 101 Å². The molecular formula is C24H19N3O5S. The van der Waals surface area contributed by atoms with Crippen LogP contribution in [-0.2, 0) is 26.9 Å². The number of aromatic nitrogens is 2. The van der Waals surface area contributed by atoms with Crippen LogP contribution in [0.3, 0.4) is 0 Å². The van der Waals surface area contributed by atoms with Crippen LogP contribution in [0.2, 0.25) is 0 Å². The van der Waals surface area contributed by atoms with E-state index in [1.807, 2.05) is 30.3 Å². The monoisotopic (exact) mass is 461 g/mol. The third kappa shape index (κ3) is 4.56. The maximum Gasteiger partial charge on any atom is 0.374 e. The second-order valence-corrected chi connectivity index (χ2v) is 9.18. The number of nitriles is 1. The molecular weight excluding hydrogens is 442 g/mol. The van der Waals surface area contributed by atoms with Gasteiger partial charge < -0.3 is 9.15 Å². The number of aryl methyl sites for hydroxylation is 1. The summed E-state index contributed by atoms with van der Waals surface area (Å²) in [7, 11) is -3.68. The van der Waals surface area contributed by atoms with Gasteiger partial charge in [0.2, 0.25) is 5.76 Å². The third-order valence-corrected chi connectivity index (χ3v) is 6.67. The molecule has 2 aromatic carbocycles. The maximum absolute atomic E-state index is 12.8. The van der Waals surface area contributed by atoms with E-state index in [-0.39, 0.29) is 22.8 Å². The van der Waals surface area contributed by atoms with Crippen molar-refractivity contribution in [2.24, 2.45) is 0 Å². The Morgan fingerprint density at radius 1 is 1.09 bits per heavy atom. The number of ether oxygens (including phenoxy) is 1. The van der Waals surface area contributed by atoms with Crippen LogP contribution >= 0.6 is 0 Å². The third-order valence-electron chi connectivity index (χ3n) is 4.99. The summed E-state index contributed by atoms with van der Waals surface area (Å²) in [5, 5.41) is 14.0. The lowest BCUT2D eigenvalue weighted by Crippen LogP contribution is -2.12. The predicted octanol–water partition coefficient (Wildman–Crippen LogP) is 3.98. The van der Waals surface area contributed by atoms with Crippen molar-refractivity contribution >= 4 is 15.8 Å². The van der Waals surface area contributed by atoms with E-state index in [1.165, 1.54) is 24.5 Å². The maximum atomic E-state index is 12.8. The molecule has 2 heterocycles. The fourth-order valence-electron chi connectivity index (χ4n) is 3.38. The van der Waals surface area contributed by atoms with Crippen LogP contribution in [0.1, 0.15) is 33.1 Å². The van der Waals surface area contributed by atoms with Gasteiger partial charge in [-0.25, -0.2) is 17.9 Å². The fraction of sp³-hybridized carbons (Fsp3) is 0.125. The molecule has 0 bridgehead atoms. The Kier molecular flexibility index (Phi) is 6.11. The smallest absolute Gasteiger partial charge is 0.374 e. The number of carbonyl (C=O) groups excluding carboxylic acids is 1. The molecule has 0 aliphatic rings. The number of carbonyl (C=O) groups is 1. The standard InChI is InChI=1S/C24H19N3O5S/c1-17-21(14-25)22(27(26-17)19-8-4-2-5-9-19)15-32-24(28)23-18(12-13-31-23)16-33(29,30)20-10-6-3-7-11-20/h2-13H,15-16H2,1H3. The largest absolute Gasteiger partial charge is 0.457 e. The molecule has 4 rings (SSSR count). The number of esters is 1. The summed E-state index contributed by atoms with van der Waals surface area (Å²) in [6.45, 7) is 1.45. The number of hydrogen-bond acceptors (Lipinski definition) is 7. The Morgan fingerprint density at radius 3 is 2.42 bits per heavy atom. The topological polar surface area (TPSA) is 115 Å². The normalized spacial score (nSPS) is 11.2. The summed E-state index contributed by atoms with van der Waals surface area (Å²) < 4.78 is 37.6. The zero-order valence-corrected chi connectivity index (χ0v) is 18.5. The van der Waals surface area contributed by atoms with Crippen LogP contribution in [0.15, 0.2) is 82.3 Å². The van der Waals surface area contributed by atoms with E-state index < -0.39 is 21.6 Å². The lowest BCUT2D eigenvalue weighted by atomic mass is 10.2. The van der Waals surface area contributed by atoms with E-state index >= 15 is 0 Å². The van der Waals surface area contributed by atoms with Gasteiger partial charge in [-0.3, -0.25) is 0 Å². The Labute approximate surface area is 190 Å². The van der Waals surface area contributed by atoms with E-state index in [4.69, 9.17) is 9.15 Å². The summed E-state index contributed by atoms with van der Waals surface area (Å²) in [5.74, 6) is -1.45. The summed E-state index contributed by atoms with van der Waals surface area (Å²) in [6, 6.07) is 20.6. The van der Waals surface area contributed by atoms with E-state index in [1.54, 1.807) is 29.8 Å². The lowest BCUT2D eigenvalue weighted by Gasteiger charge is -2.09. The van der Waals surface area contributed by atoms with E-state index in [0.29, 0.717) is 22.6 Å². The number of sulfone groups is 1. The van der Waals surface area contributed by atoms with Gasteiger partial charge in [0.15, 0.2) is 9.84 Å². The average Bonchev–Trinajstić information content (AvgIpc) is 3.41. The fourth-order valence-corrected chi connectivity index (χ4v) is 4.76. The zero-order chi connectivity index (χ0) is 23.4.